The molecule has 4 nitrogen and oxygen atoms in total. The van der Waals surface area contributed by atoms with Crippen molar-refractivity contribution < 1.29 is 0 Å². The fourth-order valence-corrected chi connectivity index (χ4v) is 1.27. The Morgan fingerprint density at radius 3 is 2.79 bits per heavy atom. The van der Waals surface area contributed by atoms with E-state index in [0.717, 1.165) is 17.9 Å². The van der Waals surface area contributed by atoms with Crippen LogP contribution in [0.15, 0.2) is 30.7 Å². The van der Waals surface area contributed by atoms with E-state index in [1.165, 1.54) is 0 Å². The Morgan fingerprint density at radius 1 is 1.36 bits per heavy atom. The second-order valence-corrected chi connectivity index (χ2v) is 3.21. The predicted octanol–water partition coefficient (Wildman–Crippen LogP) is 0.988. The standard InChI is InChI=1S/C10H12N4/c1-14-5-4-12-10(14)6-9-3-2-8(11)7-13-9/h2-5,7H,6,11H2,1H3. The van der Waals surface area contributed by atoms with Crippen molar-refractivity contribution in [3.8, 4) is 0 Å². The van der Waals surface area contributed by atoms with Crippen LogP contribution in [0.3, 0.4) is 0 Å². The molecule has 0 aliphatic carbocycles. The predicted molar refractivity (Wildman–Crippen MR) is 54.7 cm³/mol. The number of hydrogen-bond donors (Lipinski definition) is 1. The van der Waals surface area contributed by atoms with Crippen molar-refractivity contribution in [3.63, 3.8) is 0 Å². The first-order valence-electron chi connectivity index (χ1n) is 4.42. The van der Waals surface area contributed by atoms with Gasteiger partial charge in [-0.2, -0.15) is 0 Å². The lowest BCUT2D eigenvalue weighted by Crippen LogP contribution is -2.00. The first-order chi connectivity index (χ1) is 6.75. The highest BCUT2D eigenvalue weighted by Crippen LogP contribution is 2.06. The molecule has 0 bridgehead atoms. The maximum atomic E-state index is 5.55. The number of nitrogens with zero attached hydrogens (tertiary/aromatic N) is 3. The molecule has 0 radical (unpaired) electrons. The molecule has 0 amide bonds. The van der Waals surface area contributed by atoms with Gasteiger partial charge in [-0.05, 0) is 12.1 Å². The number of rotatable bonds is 2. The molecule has 0 atom stereocenters. The summed E-state index contributed by atoms with van der Waals surface area (Å²) in [7, 11) is 1.97. The summed E-state index contributed by atoms with van der Waals surface area (Å²) < 4.78 is 1.98. The summed E-state index contributed by atoms with van der Waals surface area (Å²) in [6.07, 6.45) is 6.11. The number of nitrogens with two attached hydrogens (primary N) is 1. The third-order valence-corrected chi connectivity index (χ3v) is 2.11. The minimum Gasteiger partial charge on any atom is -0.397 e. The molecule has 0 aliphatic rings. The van der Waals surface area contributed by atoms with E-state index >= 15 is 0 Å². The second-order valence-electron chi connectivity index (χ2n) is 3.21. The van der Waals surface area contributed by atoms with Crippen molar-refractivity contribution >= 4 is 5.69 Å². The Morgan fingerprint density at radius 2 is 2.21 bits per heavy atom. The van der Waals surface area contributed by atoms with Crippen molar-refractivity contribution in [2.45, 2.75) is 6.42 Å². The smallest absolute Gasteiger partial charge is 0.114 e. The quantitative estimate of drug-likeness (QED) is 0.764. The minimum atomic E-state index is 0.689. The summed E-state index contributed by atoms with van der Waals surface area (Å²) >= 11 is 0. The van der Waals surface area contributed by atoms with E-state index in [-0.39, 0.29) is 0 Å². The molecule has 0 aliphatic heterocycles. The molecule has 2 aromatic heterocycles. The highest BCUT2D eigenvalue weighted by Gasteiger charge is 2.01. The van der Waals surface area contributed by atoms with Crippen molar-refractivity contribution in [1.82, 2.24) is 14.5 Å². The summed E-state index contributed by atoms with van der Waals surface area (Å²) in [5.74, 6) is 1.00. The summed E-state index contributed by atoms with van der Waals surface area (Å²) in [5.41, 5.74) is 7.22. The molecular formula is C10H12N4. The lowest BCUT2D eigenvalue weighted by Gasteiger charge is -2.01. The van der Waals surface area contributed by atoms with Gasteiger partial charge >= 0.3 is 0 Å². The zero-order chi connectivity index (χ0) is 9.97. The molecule has 0 aromatic carbocycles. The summed E-state index contributed by atoms with van der Waals surface area (Å²) in [6, 6.07) is 3.77. The molecule has 2 heterocycles. The second kappa shape index (κ2) is 3.49. The maximum Gasteiger partial charge on any atom is 0.114 e. The third kappa shape index (κ3) is 1.74. The Kier molecular flexibility index (Phi) is 2.18. The molecule has 0 fully saturated rings. The zero-order valence-corrected chi connectivity index (χ0v) is 8.01. The van der Waals surface area contributed by atoms with Gasteiger partial charge < -0.3 is 10.3 Å². The van der Waals surface area contributed by atoms with Crippen LogP contribution in [0.25, 0.3) is 0 Å². The molecule has 2 rings (SSSR count). The lowest BCUT2D eigenvalue weighted by atomic mass is 10.2. The topological polar surface area (TPSA) is 56.7 Å². The number of anilines is 1. The lowest BCUT2D eigenvalue weighted by molar-refractivity contribution is 0.811. The van der Waals surface area contributed by atoms with Crippen LogP contribution in [0.5, 0.6) is 0 Å². The summed E-state index contributed by atoms with van der Waals surface area (Å²) in [4.78, 5) is 8.44. The number of pyridine rings is 1. The van der Waals surface area contributed by atoms with E-state index in [4.69, 9.17) is 5.73 Å². The molecule has 72 valence electrons. The Hall–Kier alpha value is -1.84. The maximum absolute atomic E-state index is 5.55. The number of hydrogen-bond acceptors (Lipinski definition) is 3. The minimum absolute atomic E-state index is 0.689. The molecule has 0 saturated heterocycles. The van der Waals surface area contributed by atoms with E-state index < -0.39 is 0 Å². The van der Waals surface area contributed by atoms with Crippen molar-refractivity contribution in [1.29, 1.82) is 0 Å². The van der Waals surface area contributed by atoms with Crippen LogP contribution in [0.4, 0.5) is 5.69 Å². The van der Waals surface area contributed by atoms with Crippen LogP contribution in [0.2, 0.25) is 0 Å². The first kappa shape index (κ1) is 8.74. The van der Waals surface area contributed by atoms with Crippen LogP contribution in [-0.4, -0.2) is 14.5 Å². The van der Waals surface area contributed by atoms with Crippen LogP contribution >= 0.6 is 0 Å². The fraction of sp³-hybridized carbons (Fsp3) is 0.200. The molecule has 4 heteroatoms. The number of aryl methyl sites for hydroxylation is 1. The average molecular weight is 188 g/mol. The Balaban J connectivity index is 2.19. The highest BCUT2D eigenvalue weighted by atomic mass is 15.0. The van der Waals surface area contributed by atoms with Gasteiger partial charge in [0.1, 0.15) is 5.82 Å². The zero-order valence-electron chi connectivity index (χ0n) is 8.01. The highest BCUT2D eigenvalue weighted by molar-refractivity contribution is 5.34. The molecular weight excluding hydrogens is 176 g/mol. The van der Waals surface area contributed by atoms with E-state index in [9.17, 15) is 0 Å². The fourth-order valence-electron chi connectivity index (χ4n) is 1.27. The largest absolute Gasteiger partial charge is 0.397 e. The van der Waals surface area contributed by atoms with Gasteiger partial charge in [-0.1, -0.05) is 0 Å². The molecule has 2 N–H and O–H groups in total. The van der Waals surface area contributed by atoms with Crippen molar-refractivity contribution in [3.05, 3.63) is 42.2 Å². The summed E-state index contributed by atoms with van der Waals surface area (Å²) in [5, 5.41) is 0. The van der Waals surface area contributed by atoms with Gasteiger partial charge in [0.2, 0.25) is 0 Å². The van der Waals surface area contributed by atoms with Crippen LogP contribution in [0.1, 0.15) is 11.5 Å². The molecule has 14 heavy (non-hydrogen) atoms. The SMILES string of the molecule is Cn1ccnc1Cc1ccc(N)cn1. The van der Waals surface area contributed by atoms with E-state index in [0.29, 0.717) is 5.69 Å². The molecule has 2 aromatic rings. The van der Waals surface area contributed by atoms with Gasteiger partial charge in [0.05, 0.1) is 11.9 Å². The van der Waals surface area contributed by atoms with Gasteiger partial charge in [0, 0.05) is 31.6 Å². The normalized spacial score (nSPS) is 10.4. The van der Waals surface area contributed by atoms with Gasteiger partial charge in [-0.15, -0.1) is 0 Å². The molecule has 0 saturated carbocycles. The van der Waals surface area contributed by atoms with Gasteiger partial charge in [-0.3, -0.25) is 4.98 Å². The van der Waals surface area contributed by atoms with Crippen LogP contribution in [-0.2, 0) is 13.5 Å². The number of nitrogen functional groups attached to an aromatic ring is 1. The molecule has 0 spiro atoms. The monoisotopic (exact) mass is 188 g/mol. The van der Waals surface area contributed by atoms with Gasteiger partial charge in [0.25, 0.3) is 0 Å². The number of aromatic nitrogens is 3. The first-order valence-corrected chi connectivity index (χ1v) is 4.42. The van der Waals surface area contributed by atoms with E-state index in [2.05, 4.69) is 9.97 Å². The van der Waals surface area contributed by atoms with Gasteiger partial charge in [-0.25, -0.2) is 4.98 Å². The van der Waals surface area contributed by atoms with Crippen molar-refractivity contribution in [2.24, 2.45) is 7.05 Å². The molecule has 0 unspecified atom stereocenters. The van der Waals surface area contributed by atoms with Crippen LogP contribution in [0, 0.1) is 0 Å². The third-order valence-electron chi connectivity index (χ3n) is 2.11. The van der Waals surface area contributed by atoms with Gasteiger partial charge in [0.15, 0.2) is 0 Å². The average Bonchev–Trinajstić information content (AvgIpc) is 2.56. The van der Waals surface area contributed by atoms with Crippen molar-refractivity contribution in [2.75, 3.05) is 5.73 Å². The van der Waals surface area contributed by atoms with E-state index in [1.54, 1.807) is 12.4 Å². The van der Waals surface area contributed by atoms with Crippen LogP contribution < -0.4 is 5.73 Å². The Labute approximate surface area is 82.4 Å². The number of imidazole rings is 1. The Bertz CT molecular complexity index is 416. The van der Waals surface area contributed by atoms with E-state index in [1.807, 2.05) is 29.9 Å². The summed E-state index contributed by atoms with van der Waals surface area (Å²) in [6.45, 7) is 0.